The summed E-state index contributed by atoms with van der Waals surface area (Å²) in [6, 6.07) is 0.262. The molecule has 0 amide bonds. The van der Waals surface area contributed by atoms with Crippen LogP contribution in [0, 0.1) is 0 Å². The van der Waals surface area contributed by atoms with Gasteiger partial charge in [0.1, 0.15) is 5.82 Å². The monoisotopic (exact) mass is 211 g/mol. The van der Waals surface area contributed by atoms with Gasteiger partial charge in [0.05, 0.1) is 18.4 Å². The van der Waals surface area contributed by atoms with E-state index < -0.39 is 0 Å². The highest BCUT2D eigenvalue weighted by molar-refractivity contribution is 6.29. The average molecular weight is 211 g/mol. The molecule has 0 rings (SSSR count). The van der Waals surface area contributed by atoms with Gasteiger partial charge in [-0.05, 0) is 13.3 Å². The van der Waals surface area contributed by atoms with Crippen LogP contribution in [0.1, 0.15) is 20.3 Å². The Morgan fingerprint density at radius 3 is 2.73 bits per heavy atom. The summed E-state index contributed by atoms with van der Waals surface area (Å²) in [4.78, 5) is 8.12. The van der Waals surface area contributed by atoms with Crippen LogP contribution in [0.3, 0.4) is 0 Å². The Hall–Kier alpha value is -1.16. The highest BCUT2D eigenvalue weighted by Gasteiger charge is 2.04. The van der Waals surface area contributed by atoms with Crippen molar-refractivity contribution in [1.82, 2.24) is 5.32 Å². The number of rotatable bonds is 7. The van der Waals surface area contributed by atoms with Crippen molar-refractivity contribution in [1.29, 1.82) is 0 Å². The van der Waals surface area contributed by atoms with E-state index in [9.17, 15) is 0 Å². The van der Waals surface area contributed by atoms with Crippen molar-refractivity contribution in [3.63, 3.8) is 0 Å². The Bertz CT molecular complexity index is 246. The molecule has 1 N–H and O–H groups in total. The summed E-state index contributed by atoms with van der Waals surface area (Å²) in [5.41, 5.74) is 0.835. The lowest BCUT2D eigenvalue weighted by Gasteiger charge is -2.16. The van der Waals surface area contributed by atoms with Gasteiger partial charge in [-0.25, -0.2) is 4.99 Å². The van der Waals surface area contributed by atoms with Gasteiger partial charge in [0.25, 0.3) is 0 Å². The Morgan fingerprint density at radius 2 is 2.27 bits per heavy atom. The lowest BCUT2D eigenvalue weighted by molar-refractivity contribution is 0.168. The van der Waals surface area contributed by atoms with Gasteiger partial charge in [0.2, 0.25) is 0 Å². The Morgan fingerprint density at radius 1 is 1.60 bits per heavy atom. The fraction of sp³-hybridized carbons (Fsp3) is 0.636. The molecule has 0 spiro atoms. The first-order valence-corrected chi connectivity index (χ1v) is 5.05. The third kappa shape index (κ3) is 6.85. The normalized spacial score (nSPS) is 14.3. The summed E-state index contributed by atoms with van der Waals surface area (Å²) < 4.78 is 5.07. The van der Waals surface area contributed by atoms with E-state index in [0.29, 0.717) is 12.4 Å². The first-order chi connectivity index (χ1) is 7.13. The molecule has 0 heterocycles. The summed E-state index contributed by atoms with van der Waals surface area (Å²) >= 11 is 0. The van der Waals surface area contributed by atoms with Crippen LogP contribution in [0.25, 0.3) is 0 Å². The van der Waals surface area contributed by atoms with Crippen LogP contribution in [0.4, 0.5) is 0 Å². The molecule has 0 aromatic carbocycles. The maximum Gasteiger partial charge on any atom is 0.119 e. The van der Waals surface area contributed by atoms with Crippen molar-refractivity contribution in [2.75, 3.05) is 20.8 Å². The van der Waals surface area contributed by atoms with Crippen molar-refractivity contribution in [2.24, 2.45) is 9.98 Å². The maximum absolute atomic E-state index is 5.07. The summed E-state index contributed by atoms with van der Waals surface area (Å²) in [5, 5.41) is 3.19. The molecule has 4 nitrogen and oxygen atoms in total. The number of methoxy groups -OCH3 is 1. The minimum absolute atomic E-state index is 0.262. The predicted octanol–water partition coefficient (Wildman–Crippen LogP) is 1.63. The molecule has 0 saturated carbocycles. The second-order valence-corrected chi connectivity index (χ2v) is 3.29. The van der Waals surface area contributed by atoms with Gasteiger partial charge in [-0.1, -0.05) is 13.5 Å². The molecule has 0 bridgehead atoms. The van der Waals surface area contributed by atoms with Crippen LogP contribution in [-0.2, 0) is 4.74 Å². The van der Waals surface area contributed by atoms with E-state index in [1.54, 1.807) is 20.4 Å². The molecule has 0 aromatic heterocycles. The second-order valence-electron chi connectivity index (χ2n) is 3.29. The van der Waals surface area contributed by atoms with E-state index in [4.69, 9.17) is 4.74 Å². The number of hydrogen-bond acceptors (Lipinski definition) is 4. The predicted molar refractivity (Wildman–Crippen MR) is 65.8 cm³/mol. The van der Waals surface area contributed by atoms with E-state index in [1.165, 1.54) is 0 Å². The first-order valence-electron chi connectivity index (χ1n) is 5.05. The minimum atomic E-state index is 0.262. The van der Waals surface area contributed by atoms with Gasteiger partial charge in [0.15, 0.2) is 0 Å². The number of hydrogen-bond donors (Lipinski definition) is 1. The fourth-order valence-electron chi connectivity index (χ4n) is 1.16. The first kappa shape index (κ1) is 13.8. The van der Waals surface area contributed by atoms with Crippen LogP contribution in [0.2, 0.25) is 0 Å². The lowest BCUT2D eigenvalue weighted by Crippen LogP contribution is -2.31. The number of nitrogens with zero attached hydrogens (tertiary/aromatic N) is 2. The molecule has 0 unspecified atom stereocenters. The minimum Gasteiger partial charge on any atom is -0.383 e. The fourth-order valence-corrected chi connectivity index (χ4v) is 1.16. The van der Waals surface area contributed by atoms with Gasteiger partial charge in [-0.2, -0.15) is 0 Å². The standard InChI is InChI=1S/C11H21N3O/c1-6-11(8-15-5)14-10(3)13-9(2)7-12-4/h7,11,14H,3,6,8H2,1-2,4-5H3/b12-7?,13-9-/t11-/m1/s1. The highest BCUT2D eigenvalue weighted by atomic mass is 16.5. The van der Waals surface area contributed by atoms with Gasteiger partial charge in [0, 0.05) is 20.4 Å². The number of nitrogens with one attached hydrogen (secondary N) is 1. The molecule has 86 valence electrons. The molecule has 0 fully saturated rings. The van der Waals surface area contributed by atoms with Crippen molar-refractivity contribution >= 4 is 11.9 Å². The largest absolute Gasteiger partial charge is 0.383 e. The molecule has 0 saturated heterocycles. The molecule has 0 radical (unpaired) electrons. The molecule has 1 atom stereocenters. The highest BCUT2D eigenvalue weighted by Crippen LogP contribution is 1.97. The molecule has 4 heteroatoms. The van der Waals surface area contributed by atoms with Crippen molar-refractivity contribution in [2.45, 2.75) is 26.3 Å². The van der Waals surface area contributed by atoms with Gasteiger partial charge < -0.3 is 10.1 Å². The van der Waals surface area contributed by atoms with E-state index in [-0.39, 0.29) is 6.04 Å². The van der Waals surface area contributed by atoms with Gasteiger partial charge >= 0.3 is 0 Å². The van der Waals surface area contributed by atoms with Crippen molar-refractivity contribution in [3.8, 4) is 0 Å². The molecular weight excluding hydrogens is 190 g/mol. The smallest absolute Gasteiger partial charge is 0.119 e. The molecular formula is C11H21N3O. The van der Waals surface area contributed by atoms with Crippen molar-refractivity contribution in [3.05, 3.63) is 12.4 Å². The summed E-state index contributed by atoms with van der Waals surface area (Å²) in [6.45, 7) is 8.47. The van der Waals surface area contributed by atoms with Crippen molar-refractivity contribution < 1.29 is 4.74 Å². The Kier molecular flexibility index (Phi) is 7.54. The molecule has 0 aliphatic heterocycles. The van der Waals surface area contributed by atoms with Crippen LogP contribution >= 0.6 is 0 Å². The molecule has 0 aromatic rings. The van der Waals surface area contributed by atoms with Gasteiger partial charge in [-0.3, -0.25) is 4.99 Å². The van der Waals surface area contributed by atoms with Crippen LogP contribution < -0.4 is 5.32 Å². The van der Waals surface area contributed by atoms with Crippen LogP contribution in [0.5, 0.6) is 0 Å². The second kappa shape index (κ2) is 8.17. The van der Waals surface area contributed by atoms with E-state index in [0.717, 1.165) is 12.1 Å². The maximum atomic E-state index is 5.07. The third-order valence-corrected chi connectivity index (χ3v) is 1.86. The van der Waals surface area contributed by atoms with E-state index in [1.807, 2.05) is 6.92 Å². The number of aliphatic imine (C=N–C) groups is 2. The van der Waals surface area contributed by atoms with E-state index >= 15 is 0 Å². The topological polar surface area (TPSA) is 46.0 Å². The third-order valence-electron chi connectivity index (χ3n) is 1.86. The average Bonchev–Trinajstić information content (AvgIpc) is 2.17. The van der Waals surface area contributed by atoms with Crippen LogP contribution in [-0.4, -0.2) is 38.7 Å². The molecule has 0 aliphatic rings. The lowest BCUT2D eigenvalue weighted by atomic mass is 10.2. The SMILES string of the molecule is C=C(/N=C(/C)C=NC)N[C@H](CC)COC. The summed E-state index contributed by atoms with van der Waals surface area (Å²) in [7, 11) is 3.40. The summed E-state index contributed by atoms with van der Waals surface area (Å²) in [5.74, 6) is 0.649. The zero-order chi connectivity index (χ0) is 11.7. The summed E-state index contributed by atoms with van der Waals surface area (Å²) in [6.07, 6.45) is 2.67. The zero-order valence-electron chi connectivity index (χ0n) is 10.1. The van der Waals surface area contributed by atoms with E-state index in [2.05, 4.69) is 28.8 Å². The van der Waals surface area contributed by atoms with Crippen LogP contribution in [0.15, 0.2) is 22.4 Å². The molecule has 15 heavy (non-hydrogen) atoms. The Labute approximate surface area is 92.2 Å². The Balaban J connectivity index is 4.16. The zero-order valence-corrected chi connectivity index (χ0v) is 10.1. The molecule has 0 aliphatic carbocycles. The van der Waals surface area contributed by atoms with Gasteiger partial charge in [-0.15, -0.1) is 0 Å². The number of ether oxygens (including phenoxy) is 1. The quantitative estimate of drug-likeness (QED) is 0.651.